The van der Waals surface area contributed by atoms with E-state index in [1.807, 2.05) is 6.07 Å². The molecule has 23 heavy (non-hydrogen) atoms. The lowest BCUT2D eigenvalue weighted by molar-refractivity contribution is 0.626. The molecule has 1 fully saturated rings. The summed E-state index contributed by atoms with van der Waals surface area (Å²) in [4.78, 5) is 4.25. The fourth-order valence-corrected chi connectivity index (χ4v) is 2.58. The minimum Gasteiger partial charge on any atom is -0.353 e. The molecule has 3 nitrogen and oxygen atoms in total. The van der Waals surface area contributed by atoms with E-state index in [0.717, 1.165) is 17.9 Å². The Labute approximate surface area is 153 Å². The maximum atomic E-state index is 12.9. The van der Waals surface area contributed by atoms with Crippen molar-refractivity contribution in [1.82, 2.24) is 10.6 Å². The van der Waals surface area contributed by atoms with E-state index in [1.165, 1.54) is 17.7 Å². The molecular formula is C18H21FIN3. The minimum atomic E-state index is -0.213. The van der Waals surface area contributed by atoms with Crippen molar-refractivity contribution in [1.29, 1.82) is 0 Å². The Morgan fingerprint density at radius 2 is 1.83 bits per heavy atom. The zero-order chi connectivity index (χ0) is 15.4. The SMILES string of the molecule is CN=C(NCc1ccc(F)cc1)NC1CC1c1ccccc1.I. The van der Waals surface area contributed by atoms with Gasteiger partial charge in [0.25, 0.3) is 0 Å². The highest BCUT2D eigenvalue weighted by atomic mass is 127. The highest BCUT2D eigenvalue weighted by molar-refractivity contribution is 14.0. The largest absolute Gasteiger partial charge is 0.353 e. The van der Waals surface area contributed by atoms with Crippen LogP contribution in [0.2, 0.25) is 0 Å². The first-order valence-corrected chi connectivity index (χ1v) is 7.53. The second-order valence-electron chi connectivity index (χ2n) is 5.56. The van der Waals surface area contributed by atoms with E-state index in [2.05, 4.69) is 39.9 Å². The molecule has 5 heteroatoms. The molecule has 0 aliphatic heterocycles. The molecule has 122 valence electrons. The Balaban J connectivity index is 0.00000192. The van der Waals surface area contributed by atoms with Crippen LogP contribution in [0.3, 0.4) is 0 Å². The van der Waals surface area contributed by atoms with Crippen LogP contribution in [0.15, 0.2) is 59.6 Å². The number of nitrogens with one attached hydrogen (secondary N) is 2. The molecule has 0 radical (unpaired) electrons. The number of benzene rings is 2. The van der Waals surface area contributed by atoms with E-state index in [9.17, 15) is 4.39 Å². The molecule has 0 bridgehead atoms. The lowest BCUT2D eigenvalue weighted by Gasteiger charge is -2.12. The van der Waals surface area contributed by atoms with Gasteiger partial charge in [0.1, 0.15) is 5.82 Å². The van der Waals surface area contributed by atoms with Crippen molar-refractivity contribution in [2.75, 3.05) is 7.05 Å². The molecule has 2 atom stereocenters. The Morgan fingerprint density at radius 3 is 2.48 bits per heavy atom. The van der Waals surface area contributed by atoms with Crippen LogP contribution in [0.1, 0.15) is 23.5 Å². The molecule has 1 aliphatic rings. The Morgan fingerprint density at radius 1 is 1.13 bits per heavy atom. The van der Waals surface area contributed by atoms with Gasteiger partial charge in [-0.25, -0.2) is 4.39 Å². The summed E-state index contributed by atoms with van der Waals surface area (Å²) in [5.74, 6) is 1.13. The summed E-state index contributed by atoms with van der Waals surface area (Å²) in [5.41, 5.74) is 2.40. The maximum Gasteiger partial charge on any atom is 0.191 e. The number of guanidine groups is 1. The molecule has 0 spiro atoms. The van der Waals surface area contributed by atoms with E-state index >= 15 is 0 Å². The summed E-state index contributed by atoms with van der Waals surface area (Å²) in [6.45, 7) is 0.628. The second-order valence-corrected chi connectivity index (χ2v) is 5.56. The summed E-state index contributed by atoms with van der Waals surface area (Å²) >= 11 is 0. The van der Waals surface area contributed by atoms with E-state index in [-0.39, 0.29) is 29.8 Å². The van der Waals surface area contributed by atoms with Gasteiger partial charge < -0.3 is 10.6 Å². The third-order valence-electron chi connectivity index (χ3n) is 3.94. The van der Waals surface area contributed by atoms with Gasteiger partial charge in [0.15, 0.2) is 5.96 Å². The van der Waals surface area contributed by atoms with E-state index in [0.29, 0.717) is 18.5 Å². The smallest absolute Gasteiger partial charge is 0.191 e. The van der Waals surface area contributed by atoms with Gasteiger partial charge in [-0.15, -0.1) is 24.0 Å². The van der Waals surface area contributed by atoms with Gasteiger partial charge in [0.05, 0.1) is 0 Å². The van der Waals surface area contributed by atoms with Crippen LogP contribution in [0.25, 0.3) is 0 Å². The summed E-state index contributed by atoms with van der Waals surface area (Å²) in [6.07, 6.45) is 1.13. The van der Waals surface area contributed by atoms with Gasteiger partial charge in [-0.3, -0.25) is 4.99 Å². The van der Waals surface area contributed by atoms with Crippen molar-refractivity contribution in [2.24, 2.45) is 4.99 Å². The van der Waals surface area contributed by atoms with Crippen LogP contribution >= 0.6 is 24.0 Å². The zero-order valence-electron chi connectivity index (χ0n) is 13.0. The fourth-order valence-electron chi connectivity index (χ4n) is 2.58. The van der Waals surface area contributed by atoms with E-state index in [4.69, 9.17) is 0 Å². The molecule has 1 aliphatic carbocycles. The van der Waals surface area contributed by atoms with Crippen LogP contribution in [0.5, 0.6) is 0 Å². The fraction of sp³-hybridized carbons (Fsp3) is 0.278. The number of hydrogen-bond acceptors (Lipinski definition) is 1. The number of nitrogens with zero attached hydrogens (tertiary/aromatic N) is 1. The van der Waals surface area contributed by atoms with Crippen molar-refractivity contribution < 1.29 is 4.39 Å². The molecule has 0 amide bonds. The first-order valence-electron chi connectivity index (χ1n) is 7.53. The van der Waals surface area contributed by atoms with Crippen molar-refractivity contribution in [3.8, 4) is 0 Å². The predicted molar refractivity (Wildman–Crippen MR) is 103 cm³/mol. The quantitative estimate of drug-likeness (QED) is 0.446. The highest BCUT2D eigenvalue weighted by Gasteiger charge is 2.38. The minimum absolute atomic E-state index is 0. The van der Waals surface area contributed by atoms with Crippen molar-refractivity contribution in [3.63, 3.8) is 0 Å². The summed E-state index contributed by atoms with van der Waals surface area (Å²) in [5, 5.41) is 6.70. The Hall–Kier alpha value is -1.63. The second kappa shape index (κ2) is 8.29. The Kier molecular flexibility index (Phi) is 6.38. The van der Waals surface area contributed by atoms with Crippen LogP contribution in [0.4, 0.5) is 4.39 Å². The van der Waals surface area contributed by atoms with Crippen molar-refractivity contribution in [3.05, 3.63) is 71.5 Å². The molecule has 0 aromatic heterocycles. The third-order valence-corrected chi connectivity index (χ3v) is 3.94. The van der Waals surface area contributed by atoms with Gasteiger partial charge in [-0.1, -0.05) is 42.5 Å². The van der Waals surface area contributed by atoms with Crippen molar-refractivity contribution in [2.45, 2.75) is 24.9 Å². The topological polar surface area (TPSA) is 36.4 Å². The molecule has 2 unspecified atom stereocenters. The number of halogens is 2. The average molecular weight is 425 g/mol. The van der Waals surface area contributed by atoms with Gasteiger partial charge in [0, 0.05) is 25.6 Å². The normalized spacial score (nSPS) is 19.7. The highest BCUT2D eigenvalue weighted by Crippen LogP contribution is 2.40. The molecular weight excluding hydrogens is 404 g/mol. The van der Waals surface area contributed by atoms with Crippen LogP contribution in [-0.2, 0) is 6.54 Å². The van der Waals surface area contributed by atoms with Gasteiger partial charge in [-0.05, 0) is 29.7 Å². The van der Waals surface area contributed by atoms with E-state index < -0.39 is 0 Å². The van der Waals surface area contributed by atoms with Crippen molar-refractivity contribution >= 4 is 29.9 Å². The molecule has 2 aromatic carbocycles. The summed E-state index contributed by atoms with van der Waals surface area (Å²) in [6, 6.07) is 17.5. The lowest BCUT2D eigenvalue weighted by Crippen LogP contribution is -2.38. The molecule has 1 saturated carbocycles. The summed E-state index contributed by atoms with van der Waals surface area (Å²) in [7, 11) is 1.76. The average Bonchev–Trinajstić information content (AvgIpc) is 3.33. The monoisotopic (exact) mass is 425 g/mol. The molecule has 2 N–H and O–H groups in total. The molecule has 0 saturated heterocycles. The third kappa shape index (κ3) is 4.92. The van der Waals surface area contributed by atoms with Gasteiger partial charge in [0.2, 0.25) is 0 Å². The zero-order valence-corrected chi connectivity index (χ0v) is 15.3. The molecule has 2 aromatic rings. The van der Waals surface area contributed by atoms with Crippen LogP contribution < -0.4 is 10.6 Å². The van der Waals surface area contributed by atoms with Gasteiger partial charge in [-0.2, -0.15) is 0 Å². The predicted octanol–water partition coefficient (Wildman–Crippen LogP) is 3.66. The van der Waals surface area contributed by atoms with E-state index in [1.54, 1.807) is 19.2 Å². The molecule has 3 rings (SSSR count). The van der Waals surface area contributed by atoms with Gasteiger partial charge >= 0.3 is 0 Å². The van der Waals surface area contributed by atoms with Crippen LogP contribution in [0, 0.1) is 5.82 Å². The molecule has 0 heterocycles. The lowest BCUT2D eigenvalue weighted by atomic mass is 10.1. The number of aliphatic imine (C=N–C) groups is 1. The Bertz CT molecular complexity index is 643. The first-order chi connectivity index (χ1) is 10.8. The summed E-state index contributed by atoms with van der Waals surface area (Å²) < 4.78 is 12.9. The number of rotatable bonds is 4. The van der Waals surface area contributed by atoms with Crippen LogP contribution in [-0.4, -0.2) is 19.0 Å². The standard InChI is InChI=1S/C18H20FN3.HI/c1-20-18(21-12-13-7-9-15(19)10-8-13)22-17-11-16(17)14-5-3-2-4-6-14;/h2-10,16-17H,11-12H2,1H3,(H2,20,21,22);1H. The maximum absolute atomic E-state index is 12.9. The first kappa shape index (κ1) is 17.7. The number of hydrogen-bond donors (Lipinski definition) is 2.